The fourth-order valence-corrected chi connectivity index (χ4v) is 3.27. The van der Waals surface area contributed by atoms with E-state index in [0.29, 0.717) is 31.9 Å². The van der Waals surface area contributed by atoms with E-state index in [1.807, 2.05) is 0 Å². The molecule has 9 nitrogen and oxygen atoms in total. The number of urea groups is 1. The third-order valence-electron chi connectivity index (χ3n) is 4.67. The minimum absolute atomic E-state index is 0.0209. The van der Waals surface area contributed by atoms with E-state index in [9.17, 15) is 14.4 Å². The molecule has 166 valence electrons. The second kappa shape index (κ2) is 10.3. The molecule has 1 unspecified atom stereocenters. The number of nitrogens with zero attached hydrogens (tertiary/aromatic N) is 3. The van der Waals surface area contributed by atoms with Crippen molar-refractivity contribution >= 4 is 18.0 Å². The number of amides is 2. The molecular weight excluding hydrogens is 390 g/mol. The van der Waals surface area contributed by atoms with Gasteiger partial charge in [0, 0.05) is 38.3 Å². The van der Waals surface area contributed by atoms with Gasteiger partial charge in [-0.1, -0.05) is 6.07 Å². The molecule has 1 fully saturated rings. The molecule has 0 aromatic carbocycles. The maximum Gasteiger partial charge on any atom is 0.320 e. The summed E-state index contributed by atoms with van der Waals surface area (Å²) in [5, 5.41) is 0. The average molecular weight is 421 g/mol. The molecule has 1 aliphatic rings. The van der Waals surface area contributed by atoms with Crippen molar-refractivity contribution < 1.29 is 28.6 Å². The second-order valence-corrected chi connectivity index (χ2v) is 8.08. The Morgan fingerprint density at radius 1 is 1.17 bits per heavy atom. The number of pyridine rings is 1. The van der Waals surface area contributed by atoms with Crippen LogP contribution in [0.4, 0.5) is 4.79 Å². The quantitative estimate of drug-likeness (QED) is 0.565. The number of rotatable bonds is 9. The van der Waals surface area contributed by atoms with E-state index < -0.39 is 11.6 Å². The van der Waals surface area contributed by atoms with Crippen LogP contribution >= 0.6 is 0 Å². The summed E-state index contributed by atoms with van der Waals surface area (Å²) in [6, 6.07) is 2.82. The van der Waals surface area contributed by atoms with E-state index in [1.54, 1.807) is 48.9 Å². The van der Waals surface area contributed by atoms with Gasteiger partial charge in [-0.15, -0.1) is 0 Å². The highest BCUT2D eigenvalue weighted by Crippen LogP contribution is 2.30. The van der Waals surface area contributed by atoms with Gasteiger partial charge >= 0.3 is 18.0 Å². The Bertz CT molecular complexity index is 744. The maximum atomic E-state index is 13.0. The van der Waals surface area contributed by atoms with Crippen molar-refractivity contribution in [3.05, 3.63) is 23.9 Å². The molecule has 0 bridgehead atoms. The van der Waals surface area contributed by atoms with Crippen LogP contribution in [0.25, 0.3) is 0 Å². The summed E-state index contributed by atoms with van der Waals surface area (Å²) in [6.07, 6.45) is 2.41. The third kappa shape index (κ3) is 6.60. The molecule has 1 atom stereocenters. The zero-order chi connectivity index (χ0) is 22.3. The van der Waals surface area contributed by atoms with Crippen molar-refractivity contribution in [1.29, 1.82) is 0 Å². The Kier molecular flexibility index (Phi) is 8.02. The first kappa shape index (κ1) is 23.4. The van der Waals surface area contributed by atoms with Crippen molar-refractivity contribution in [2.24, 2.45) is 0 Å². The van der Waals surface area contributed by atoms with Crippen LogP contribution in [-0.2, 0) is 19.1 Å². The van der Waals surface area contributed by atoms with Crippen LogP contribution in [0, 0.1) is 0 Å². The monoisotopic (exact) mass is 421 g/mol. The maximum absolute atomic E-state index is 13.0. The standard InChI is InChI=1S/C21H31N3O6/c1-21(2,3)30-19(26)13-16(15-8-9-17(28-4)22-14-15)24-12-11-23(20(24)27)10-6-7-18(25)29-5/h8-9,14,16H,6-7,10-13H2,1-5H3. The number of methoxy groups -OCH3 is 2. The summed E-state index contributed by atoms with van der Waals surface area (Å²) in [5.41, 5.74) is 0.112. The topological polar surface area (TPSA) is 98.3 Å². The van der Waals surface area contributed by atoms with E-state index >= 15 is 0 Å². The molecule has 2 amide bonds. The van der Waals surface area contributed by atoms with E-state index in [0.717, 1.165) is 5.56 Å². The minimum atomic E-state index is -0.616. The predicted molar refractivity (Wildman–Crippen MR) is 109 cm³/mol. The van der Waals surface area contributed by atoms with Gasteiger partial charge in [0.1, 0.15) is 5.60 Å². The summed E-state index contributed by atoms with van der Waals surface area (Å²) < 4.78 is 15.2. The van der Waals surface area contributed by atoms with Crippen molar-refractivity contribution in [3.8, 4) is 5.88 Å². The summed E-state index contributed by atoms with van der Waals surface area (Å²) in [5.74, 6) is -0.238. The Morgan fingerprint density at radius 3 is 2.47 bits per heavy atom. The first-order valence-electron chi connectivity index (χ1n) is 9.98. The fraction of sp³-hybridized carbons (Fsp3) is 0.619. The van der Waals surface area contributed by atoms with Gasteiger partial charge in [-0.25, -0.2) is 9.78 Å². The lowest BCUT2D eigenvalue weighted by atomic mass is 10.0. The van der Waals surface area contributed by atoms with Crippen LogP contribution in [0.5, 0.6) is 5.88 Å². The predicted octanol–water partition coefficient (Wildman–Crippen LogP) is 2.55. The highest BCUT2D eigenvalue weighted by atomic mass is 16.6. The lowest BCUT2D eigenvalue weighted by Crippen LogP contribution is -2.37. The highest BCUT2D eigenvalue weighted by molar-refractivity contribution is 5.79. The molecule has 30 heavy (non-hydrogen) atoms. The van der Waals surface area contributed by atoms with Crippen LogP contribution in [-0.4, -0.2) is 72.2 Å². The normalized spacial score (nSPS) is 15.2. The second-order valence-electron chi connectivity index (χ2n) is 8.08. The van der Waals surface area contributed by atoms with E-state index in [1.165, 1.54) is 14.2 Å². The number of hydrogen-bond acceptors (Lipinski definition) is 7. The van der Waals surface area contributed by atoms with E-state index in [2.05, 4.69) is 9.72 Å². The summed E-state index contributed by atoms with van der Waals surface area (Å²) in [6.45, 7) is 6.85. The SMILES string of the molecule is COC(=O)CCCN1CCN(C(CC(=O)OC(C)(C)C)c2ccc(OC)nc2)C1=O. The van der Waals surface area contributed by atoms with Crippen molar-refractivity contribution in [2.45, 2.75) is 51.7 Å². The molecule has 2 rings (SSSR count). The van der Waals surface area contributed by atoms with Crippen LogP contribution in [0.2, 0.25) is 0 Å². The molecule has 1 aliphatic heterocycles. The Hall–Kier alpha value is -2.84. The number of hydrogen-bond donors (Lipinski definition) is 0. The molecule has 0 radical (unpaired) electrons. The van der Waals surface area contributed by atoms with Crippen molar-refractivity contribution in [2.75, 3.05) is 33.9 Å². The number of carbonyl (C=O) groups is 3. The first-order valence-corrected chi connectivity index (χ1v) is 9.98. The van der Waals surface area contributed by atoms with Gasteiger partial charge in [0.25, 0.3) is 0 Å². The molecule has 1 saturated heterocycles. The third-order valence-corrected chi connectivity index (χ3v) is 4.67. The average Bonchev–Trinajstić information content (AvgIpc) is 3.05. The minimum Gasteiger partial charge on any atom is -0.481 e. The Morgan fingerprint density at radius 2 is 1.90 bits per heavy atom. The number of aromatic nitrogens is 1. The summed E-state index contributed by atoms with van der Waals surface area (Å²) >= 11 is 0. The number of ether oxygens (including phenoxy) is 3. The van der Waals surface area contributed by atoms with E-state index in [-0.39, 0.29) is 30.8 Å². The van der Waals surface area contributed by atoms with Gasteiger partial charge < -0.3 is 24.0 Å². The van der Waals surface area contributed by atoms with Gasteiger partial charge in [0.15, 0.2) is 0 Å². The van der Waals surface area contributed by atoms with Crippen LogP contribution < -0.4 is 4.74 Å². The first-order chi connectivity index (χ1) is 14.1. The molecule has 2 heterocycles. The number of carbonyl (C=O) groups excluding carboxylic acids is 3. The Balaban J connectivity index is 2.14. The fourth-order valence-electron chi connectivity index (χ4n) is 3.27. The molecule has 1 aromatic rings. The zero-order valence-corrected chi connectivity index (χ0v) is 18.3. The molecular formula is C21H31N3O6. The van der Waals surface area contributed by atoms with Gasteiger partial charge in [-0.2, -0.15) is 0 Å². The van der Waals surface area contributed by atoms with Crippen molar-refractivity contribution in [3.63, 3.8) is 0 Å². The molecule has 1 aromatic heterocycles. The summed E-state index contributed by atoms with van der Waals surface area (Å²) in [4.78, 5) is 44.4. The van der Waals surface area contributed by atoms with Gasteiger partial charge in [-0.05, 0) is 32.8 Å². The lowest BCUT2D eigenvalue weighted by Gasteiger charge is -2.29. The number of esters is 2. The molecule has 0 aliphatic carbocycles. The van der Waals surface area contributed by atoms with E-state index in [4.69, 9.17) is 9.47 Å². The smallest absolute Gasteiger partial charge is 0.320 e. The van der Waals surface area contributed by atoms with Crippen LogP contribution in [0.3, 0.4) is 0 Å². The molecule has 0 saturated carbocycles. The lowest BCUT2D eigenvalue weighted by molar-refractivity contribution is -0.156. The van der Waals surface area contributed by atoms with Crippen LogP contribution in [0.15, 0.2) is 18.3 Å². The molecule has 9 heteroatoms. The van der Waals surface area contributed by atoms with Crippen molar-refractivity contribution in [1.82, 2.24) is 14.8 Å². The molecule has 0 N–H and O–H groups in total. The summed E-state index contributed by atoms with van der Waals surface area (Å²) in [7, 11) is 2.87. The van der Waals surface area contributed by atoms with Gasteiger partial charge in [-0.3, -0.25) is 9.59 Å². The highest BCUT2D eigenvalue weighted by Gasteiger charge is 2.36. The van der Waals surface area contributed by atoms with Crippen LogP contribution in [0.1, 0.15) is 51.6 Å². The zero-order valence-electron chi connectivity index (χ0n) is 18.3. The van der Waals surface area contributed by atoms with Gasteiger partial charge in [0.05, 0.1) is 26.7 Å². The van der Waals surface area contributed by atoms with Gasteiger partial charge in [0.2, 0.25) is 5.88 Å². The molecule has 0 spiro atoms. The largest absolute Gasteiger partial charge is 0.481 e. The Labute approximate surface area is 177 Å².